The molecule has 4 heteroatoms. The zero-order valence-corrected chi connectivity index (χ0v) is 10.6. The van der Waals surface area contributed by atoms with E-state index < -0.39 is 5.60 Å². The highest BCUT2D eigenvalue weighted by atomic mass is 16.5. The van der Waals surface area contributed by atoms with Crippen molar-refractivity contribution in [2.75, 3.05) is 6.61 Å². The number of nitrogens with zero attached hydrogens (tertiary/aromatic N) is 2. The lowest BCUT2D eigenvalue weighted by molar-refractivity contribution is -0.0173. The molecule has 1 aromatic heterocycles. The van der Waals surface area contributed by atoms with Crippen LogP contribution < -0.4 is 0 Å². The van der Waals surface area contributed by atoms with E-state index in [0.717, 1.165) is 32.2 Å². The quantitative estimate of drug-likeness (QED) is 0.737. The van der Waals surface area contributed by atoms with E-state index in [9.17, 15) is 4.79 Å². The fourth-order valence-electron chi connectivity index (χ4n) is 2.64. The largest absolute Gasteiger partial charge is 0.367 e. The van der Waals surface area contributed by atoms with Gasteiger partial charge in [-0.25, -0.2) is 4.98 Å². The summed E-state index contributed by atoms with van der Waals surface area (Å²) in [5.41, 5.74) is -0.604. The fraction of sp³-hybridized carbons (Fsp3) is 0.692. The molecule has 0 atom stereocenters. The van der Waals surface area contributed by atoms with Crippen LogP contribution in [-0.2, 0) is 11.3 Å². The number of imidazole rings is 1. The topological polar surface area (TPSA) is 44.1 Å². The second-order valence-corrected chi connectivity index (χ2v) is 4.50. The number of aromatic nitrogens is 2. The molecule has 4 nitrogen and oxygen atoms in total. The molecule has 0 N–H and O–H groups in total. The van der Waals surface area contributed by atoms with Gasteiger partial charge in [0.05, 0.1) is 0 Å². The number of carbonyl (C=O) groups excluding carboxylic acids is 1. The minimum atomic E-state index is -0.604. The summed E-state index contributed by atoms with van der Waals surface area (Å²) in [6, 6.07) is 0. The zero-order valence-electron chi connectivity index (χ0n) is 10.6. The zero-order chi connectivity index (χ0) is 12.3. The average Bonchev–Trinajstić information content (AvgIpc) is 2.97. The van der Waals surface area contributed by atoms with Crippen molar-refractivity contribution in [2.45, 2.75) is 51.7 Å². The third-order valence-electron chi connectivity index (χ3n) is 3.50. The Morgan fingerprint density at radius 1 is 1.47 bits per heavy atom. The second-order valence-electron chi connectivity index (χ2n) is 4.50. The Balaban J connectivity index is 2.28. The van der Waals surface area contributed by atoms with Gasteiger partial charge in [-0.2, -0.15) is 0 Å². The molecule has 1 aliphatic carbocycles. The van der Waals surface area contributed by atoms with Gasteiger partial charge in [0.15, 0.2) is 5.82 Å². The molecule has 0 spiro atoms. The molecule has 0 aromatic carbocycles. The number of ether oxygens (including phenoxy) is 1. The molecule has 1 heterocycles. The van der Waals surface area contributed by atoms with E-state index in [2.05, 4.69) is 4.98 Å². The van der Waals surface area contributed by atoms with Crippen LogP contribution in [0.1, 0.15) is 50.1 Å². The molecular formula is C13H20N2O2. The number of carbonyl (C=O) groups is 1. The highest BCUT2D eigenvalue weighted by Crippen LogP contribution is 2.35. The van der Waals surface area contributed by atoms with Crippen LogP contribution in [0, 0.1) is 0 Å². The Morgan fingerprint density at radius 3 is 2.76 bits per heavy atom. The molecule has 0 saturated heterocycles. The summed E-state index contributed by atoms with van der Waals surface area (Å²) in [6.07, 6.45) is 7.33. The molecule has 1 fully saturated rings. The van der Waals surface area contributed by atoms with Crippen molar-refractivity contribution in [3.63, 3.8) is 0 Å². The van der Waals surface area contributed by atoms with Crippen molar-refractivity contribution in [1.29, 1.82) is 0 Å². The normalized spacial score (nSPS) is 18.5. The molecule has 1 saturated carbocycles. The van der Waals surface area contributed by atoms with Crippen LogP contribution in [0.2, 0.25) is 0 Å². The van der Waals surface area contributed by atoms with Crippen LogP contribution >= 0.6 is 0 Å². The Bertz CT molecular complexity index is 392. The maximum atomic E-state index is 12.6. The van der Waals surface area contributed by atoms with Gasteiger partial charge in [0.25, 0.3) is 0 Å². The molecule has 0 bridgehead atoms. The average molecular weight is 236 g/mol. The Morgan fingerprint density at radius 2 is 2.18 bits per heavy atom. The van der Waals surface area contributed by atoms with Gasteiger partial charge in [0.1, 0.15) is 5.60 Å². The van der Waals surface area contributed by atoms with Crippen molar-refractivity contribution in [3.8, 4) is 0 Å². The van der Waals surface area contributed by atoms with Gasteiger partial charge in [-0.15, -0.1) is 0 Å². The molecule has 17 heavy (non-hydrogen) atoms. The van der Waals surface area contributed by atoms with Gasteiger partial charge in [0.2, 0.25) is 5.78 Å². The van der Waals surface area contributed by atoms with Crippen molar-refractivity contribution < 1.29 is 9.53 Å². The SMILES string of the molecule is CCOC1(C(=O)c2nccn2CC)CCCC1. The lowest BCUT2D eigenvalue weighted by Crippen LogP contribution is -2.40. The van der Waals surface area contributed by atoms with Crippen LogP contribution in [0.3, 0.4) is 0 Å². The lowest BCUT2D eigenvalue weighted by Gasteiger charge is -2.26. The number of hydrogen-bond acceptors (Lipinski definition) is 3. The summed E-state index contributed by atoms with van der Waals surface area (Å²) in [5, 5.41) is 0. The number of hydrogen-bond donors (Lipinski definition) is 0. The highest BCUT2D eigenvalue weighted by molar-refractivity contribution is 6.00. The van der Waals surface area contributed by atoms with E-state index in [0.29, 0.717) is 12.4 Å². The molecule has 2 rings (SSSR count). The van der Waals surface area contributed by atoms with E-state index >= 15 is 0 Å². The lowest BCUT2D eigenvalue weighted by atomic mass is 9.95. The van der Waals surface area contributed by atoms with E-state index in [-0.39, 0.29) is 5.78 Å². The third kappa shape index (κ3) is 2.14. The molecule has 0 amide bonds. The molecule has 0 aliphatic heterocycles. The maximum absolute atomic E-state index is 12.6. The predicted octanol–water partition coefficient (Wildman–Crippen LogP) is 2.44. The fourth-order valence-corrected chi connectivity index (χ4v) is 2.64. The Labute approximate surface area is 102 Å². The minimum absolute atomic E-state index is 0.0590. The Hall–Kier alpha value is -1.16. The smallest absolute Gasteiger partial charge is 0.229 e. The van der Waals surface area contributed by atoms with Crippen LogP contribution in [0.15, 0.2) is 12.4 Å². The summed E-state index contributed by atoms with van der Waals surface area (Å²) in [6.45, 7) is 5.31. The van der Waals surface area contributed by atoms with Crippen LogP contribution in [-0.4, -0.2) is 27.5 Å². The molecule has 94 valence electrons. The van der Waals surface area contributed by atoms with Gasteiger partial charge < -0.3 is 9.30 Å². The van der Waals surface area contributed by atoms with E-state index in [1.165, 1.54) is 0 Å². The minimum Gasteiger partial charge on any atom is -0.367 e. The number of ketones is 1. The van der Waals surface area contributed by atoms with Gasteiger partial charge in [-0.3, -0.25) is 4.79 Å². The van der Waals surface area contributed by atoms with Gasteiger partial charge in [0, 0.05) is 25.5 Å². The molecule has 1 aliphatic rings. The molecule has 0 unspecified atom stereocenters. The summed E-state index contributed by atoms with van der Waals surface area (Å²) < 4.78 is 7.66. The van der Waals surface area contributed by atoms with Crippen LogP contribution in [0.5, 0.6) is 0 Å². The first kappa shape index (κ1) is 12.3. The van der Waals surface area contributed by atoms with Crippen LogP contribution in [0.25, 0.3) is 0 Å². The van der Waals surface area contributed by atoms with Crippen molar-refractivity contribution in [2.24, 2.45) is 0 Å². The standard InChI is InChI=1S/C13H20N2O2/c1-3-15-10-9-14-12(15)11(16)13(17-4-2)7-5-6-8-13/h9-10H,3-8H2,1-2H3. The van der Waals surface area contributed by atoms with Crippen LogP contribution in [0.4, 0.5) is 0 Å². The molecule has 1 aromatic rings. The van der Waals surface area contributed by atoms with Crippen molar-refractivity contribution in [1.82, 2.24) is 9.55 Å². The number of aryl methyl sites for hydroxylation is 1. The monoisotopic (exact) mass is 236 g/mol. The second kappa shape index (κ2) is 5.00. The summed E-state index contributed by atoms with van der Waals surface area (Å²) in [5.74, 6) is 0.603. The Kier molecular flexibility index (Phi) is 3.62. The van der Waals surface area contributed by atoms with E-state index in [1.807, 2.05) is 24.6 Å². The van der Waals surface area contributed by atoms with E-state index in [1.54, 1.807) is 6.20 Å². The highest BCUT2D eigenvalue weighted by Gasteiger charge is 2.43. The first-order valence-electron chi connectivity index (χ1n) is 6.43. The molecular weight excluding hydrogens is 216 g/mol. The predicted molar refractivity (Wildman–Crippen MR) is 65.1 cm³/mol. The number of rotatable bonds is 5. The van der Waals surface area contributed by atoms with Crippen molar-refractivity contribution >= 4 is 5.78 Å². The number of Topliss-reactive ketones (excluding diaryl/α,β-unsaturated/α-hetero) is 1. The molecule has 0 radical (unpaired) electrons. The maximum Gasteiger partial charge on any atom is 0.229 e. The van der Waals surface area contributed by atoms with Gasteiger partial charge in [-0.05, 0) is 39.5 Å². The van der Waals surface area contributed by atoms with E-state index in [4.69, 9.17) is 4.74 Å². The third-order valence-corrected chi connectivity index (χ3v) is 3.50. The van der Waals surface area contributed by atoms with Gasteiger partial charge >= 0.3 is 0 Å². The summed E-state index contributed by atoms with van der Waals surface area (Å²) in [7, 11) is 0. The summed E-state index contributed by atoms with van der Waals surface area (Å²) >= 11 is 0. The first-order valence-corrected chi connectivity index (χ1v) is 6.43. The first-order chi connectivity index (χ1) is 8.23. The summed E-state index contributed by atoms with van der Waals surface area (Å²) in [4.78, 5) is 16.8. The van der Waals surface area contributed by atoms with Crippen molar-refractivity contribution in [3.05, 3.63) is 18.2 Å². The van der Waals surface area contributed by atoms with Gasteiger partial charge in [-0.1, -0.05) is 0 Å².